The summed E-state index contributed by atoms with van der Waals surface area (Å²) in [5.41, 5.74) is 0.794. The van der Waals surface area contributed by atoms with Crippen LogP contribution in [0.2, 0.25) is 0 Å². The molecule has 2 heterocycles. The first-order valence-electron chi connectivity index (χ1n) is 6.74. The third-order valence-corrected chi connectivity index (χ3v) is 4.01. The fourth-order valence-electron chi connectivity index (χ4n) is 3.14. The second-order valence-electron chi connectivity index (χ2n) is 5.39. The van der Waals surface area contributed by atoms with E-state index in [1.165, 1.54) is 0 Å². The van der Waals surface area contributed by atoms with E-state index in [1.807, 2.05) is 35.2 Å². The maximum atomic E-state index is 12.4. The lowest BCUT2D eigenvalue weighted by Crippen LogP contribution is -2.44. The Hall–Kier alpha value is -1.35. The number of hydrogen-bond acceptors (Lipinski definition) is 2. The summed E-state index contributed by atoms with van der Waals surface area (Å²) in [7, 11) is 0. The van der Waals surface area contributed by atoms with Crippen molar-refractivity contribution in [3.63, 3.8) is 0 Å². The van der Waals surface area contributed by atoms with Crippen molar-refractivity contribution in [1.82, 2.24) is 4.90 Å². The Morgan fingerprint density at radius 3 is 2.89 bits per heavy atom. The van der Waals surface area contributed by atoms with Crippen molar-refractivity contribution in [1.29, 1.82) is 0 Å². The van der Waals surface area contributed by atoms with Crippen molar-refractivity contribution >= 4 is 5.91 Å². The minimum Gasteiger partial charge on any atom is -0.375 e. The Morgan fingerprint density at radius 2 is 2.11 bits per heavy atom. The van der Waals surface area contributed by atoms with Gasteiger partial charge in [-0.2, -0.15) is 0 Å². The molecule has 3 rings (SSSR count). The quantitative estimate of drug-likeness (QED) is 0.760. The van der Waals surface area contributed by atoms with Gasteiger partial charge in [0.1, 0.15) is 0 Å². The highest BCUT2D eigenvalue weighted by Crippen LogP contribution is 2.32. The van der Waals surface area contributed by atoms with E-state index < -0.39 is 0 Å². The number of carbonyl (C=O) groups is 1. The third kappa shape index (κ3) is 2.15. The molecule has 3 nitrogen and oxygen atoms in total. The Morgan fingerprint density at radius 1 is 1.33 bits per heavy atom. The molecular formula is C15H19NO2. The number of rotatable bonds is 1. The third-order valence-electron chi connectivity index (χ3n) is 4.01. The van der Waals surface area contributed by atoms with E-state index in [0.29, 0.717) is 18.1 Å². The molecule has 0 bridgehead atoms. The number of carbonyl (C=O) groups excluding carboxylic acids is 1. The van der Waals surface area contributed by atoms with E-state index >= 15 is 0 Å². The number of ether oxygens (including phenoxy) is 1. The Labute approximate surface area is 108 Å². The molecule has 3 atom stereocenters. The van der Waals surface area contributed by atoms with Gasteiger partial charge in [0.2, 0.25) is 0 Å². The van der Waals surface area contributed by atoms with Gasteiger partial charge in [0.25, 0.3) is 5.91 Å². The van der Waals surface area contributed by atoms with Crippen molar-refractivity contribution in [2.24, 2.45) is 5.92 Å². The first-order valence-corrected chi connectivity index (χ1v) is 6.74. The summed E-state index contributed by atoms with van der Waals surface area (Å²) in [6, 6.07) is 9.56. The number of piperidine rings is 1. The predicted octanol–water partition coefficient (Wildman–Crippen LogP) is 2.33. The predicted molar refractivity (Wildman–Crippen MR) is 69.4 cm³/mol. The lowest BCUT2D eigenvalue weighted by Gasteiger charge is -2.34. The summed E-state index contributed by atoms with van der Waals surface area (Å²) >= 11 is 0. The minimum atomic E-state index is 0.161. The first kappa shape index (κ1) is 11.7. The van der Waals surface area contributed by atoms with Crippen LogP contribution in [-0.2, 0) is 4.74 Å². The minimum absolute atomic E-state index is 0.161. The average Bonchev–Trinajstić information content (AvgIpc) is 2.78. The van der Waals surface area contributed by atoms with Gasteiger partial charge >= 0.3 is 0 Å². The van der Waals surface area contributed by atoms with Crippen molar-refractivity contribution < 1.29 is 9.53 Å². The zero-order chi connectivity index (χ0) is 12.5. The molecule has 0 aromatic heterocycles. The SMILES string of the molecule is C[C@H]1C[C@H]2CN(C(=O)c3ccccc3)CC[C@@H]2O1. The molecule has 1 aromatic carbocycles. The molecule has 1 amide bonds. The molecule has 2 aliphatic heterocycles. The van der Waals surface area contributed by atoms with Gasteiger partial charge in [-0.15, -0.1) is 0 Å². The van der Waals surface area contributed by atoms with E-state index in [2.05, 4.69) is 6.92 Å². The van der Waals surface area contributed by atoms with Gasteiger partial charge < -0.3 is 9.64 Å². The lowest BCUT2D eigenvalue weighted by atomic mass is 9.92. The smallest absolute Gasteiger partial charge is 0.253 e. The van der Waals surface area contributed by atoms with Crippen molar-refractivity contribution in [3.8, 4) is 0 Å². The number of fused-ring (bicyclic) bond motifs is 1. The standard InChI is InChI=1S/C15H19NO2/c1-11-9-13-10-16(8-7-14(13)18-11)15(17)12-5-3-2-4-6-12/h2-6,11,13-14H,7-10H2,1H3/t11-,13-,14-/m0/s1. The summed E-state index contributed by atoms with van der Waals surface area (Å²) in [5, 5.41) is 0. The second kappa shape index (κ2) is 4.73. The van der Waals surface area contributed by atoms with Gasteiger partial charge in [0, 0.05) is 24.6 Å². The van der Waals surface area contributed by atoms with Crippen LogP contribution in [0.1, 0.15) is 30.1 Å². The zero-order valence-corrected chi connectivity index (χ0v) is 10.7. The molecule has 0 spiro atoms. The fourth-order valence-corrected chi connectivity index (χ4v) is 3.14. The van der Waals surface area contributed by atoms with E-state index in [1.54, 1.807) is 0 Å². The zero-order valence-electron chi connectivity index (χ0n) is 10.7. The Bertz CT molecular complexity index is 431. The van der Waals surface area contributed by atoms with E-state index in [9.17, 15) is 4.79 Å². The Kier molecular flexibility index (Phi) is 3.08. The molecule has 1 aromatic rings. The normalized spacial score (nSPS) is 31.2. The van der Waals surface area contributed by atoms with Crippen LogP contribution >= 0.6 is 0 Å². The number of hydrogen-bond donors (Lipinski definition) is 0. The largest absolute Gasteiger partial charge is 0.375 e. The summed E-state index contributed by atoms with van der Waals surface area (Å²) in [5.74, 6) is 0.690. The maximum Gasteiger partial charge on any atom is 0.253 e. The monoisotopic (exact) mass is 245 g/mol. The van der Waals surface area contributed by atoms with Crippen LogP contribution in [0, 0.1) is 5.92 Å². The first-order chi connectivity index (χ1) is 8.74. The molecule has 96 valence electrons. The highest BCUT2D eigenvalue weighted by Gasteiger charge is 2.38. The molecule has 2 fully saturated rings. The summed E-state index contributed by atoms with van der Waals surface area (Å²) in [6.45, 7) is 3.80. The number of benzene rings is 1. The van der Waals surface area contributed by atoms with Crippen molar-refractivity contribution in [2.45, 2.75) is 32.0 Å². The maximum absolute atomic E-state index is 12.4. The molecule has 0 radical (unpaired) electrons. The number of likely N-dealkylation sites (tertiary alicyclic amines) is 1. The number of nitrogens with zero attached hydrogens (tertiary/aromatic N) is 1. The van der Waals surface area contributed by atoms with Gasteiger partial charge in [-0.05, 0) is 31.9 Å². The van der Waals surface area contributed by atoms with E-state index in [4.69, 9.17) is 4.74 Å². The highest BCUT2D eigenvalue weighted by atomic mass is 16.5. The molecule has 3 heteroatoms. The lowest BCUT2D eigenvalue weighted by molar-refractivity contribution is 0.00865. The molecule has 18 heavy (non-hydrogen) atoms. The molecule has 0 aliphatic carbocycles. The van der Waals surface area contributed by atoms with Crippen LogP contribution in [0.3, 0.4) is 0 Å². The summed E-state index contributed by atoms with van der Waals surface area (Å²) < 4.78 is 5.86. The van der Waals surface area contributed by atoms with Crippen LogP contribution in [0.5, 0.6) is 0 Å². The summed E-state index contributed by atoms with van der Waals surface area (Å²) in [4.78, 5) is 14.3. The second-order valence-corrected chi connectivity index (χ2v) is 5.39. The molecule has 0 unspecified atom stereocenters. The van der Waals surface area contributed by atoms with Crippen LogP contribution in [-0.4, -0.2) is 36.1 Å². The molecule has 0 N–H and O–H groups in total. The average molecular weight is 245 g/mol. The van der Waals surface area contributed by atoms with Gasteiger partial charge in [-0.3, -0.25) is 4.79 Å². The van der Waals surface area contributed by atoms with Gasteiger partial charge in [-0.1, -0.05) is 18.2 Å². The summed E-state index contributed by atoms with van der Waals surface area (Å²) in [6.07, 6.45) is 2.79. The Balaban J connectivity index is 1.70. The van der Waals surface area contributed by atoms with Crippen molar-refractivity contribution in [2.75, 3.05) is 13.1 Å². The van der Waals surface area contributed by atoms with Gasteiger partial charge in [-0.25, -0.2) is 0 Å². The van der Waals surface area contributed by atoms with E-state index in [-0.39, 0.29) is 5.91 Å². The molecule has 0 saturated carbocycles. The number of amides is 1. The van der Waals surface area contributed by atoms with E-state index in [0.717, 1.165) is 31.5 Å². The van der Waals surface area contributed by atoms with Crippen LogP contribution in [0.4, 0.5) is 0 Å². The van der Waals surface area contributed by atoms with Crippen LogP contribution in [0.15, 0.2) is 30.3 Å². The van der Waals surface area contributed by atoms with Gasteiger partial charge in [0.05, 0.1) is 12.2 Å². The van der Waals surface area contributed by atoms with Crippen LogP contribution < -0.4 is 0 Å². The topological polar surface area (TPSA) is 29.5 Å². The van der Waals surface area contributed by atoms with Crippen molar-refractivity contribution in [3.05, 3.63) is 35.9 Å². The molecular weight excluding hydrogens is 226 g/mol. The van der Waals surface area contributed by atoms with Crippen LogP contribution in [0.25, 0.3) is 0 Å². The van der Waals surface area contributed by atoms with Gasteiger partial charge in [0.15, 0.2) is 0 Å². The molecule has 2 aliphatic rings. The highest BCUT2D eigenvalue weighted by molar-refractivity contribution is 5.94. The fraction of sp³-hybridized carbons (Fsp3) is 0.533. The molecule has 2 saturated heterocycles.